The van der Waals surface area contributed by atoms with Crippen molar-refractivity contribution in [1.82, 2.24) is 5.16 Å². The molecule has 1 aliphatic rings. The molecule has 0 bridgehead atoms. The van der Waals surface area contributed by atoms with E-state index < -0.39 is 0 Å². The molecule has 2 aromatic rings. The van der Waals surface area contributed by atoms with Crippen molar-refractivity contribution in [2.24, 2.45) is 5.92 Å². The second-order valence-electron chi connectivity index (χ2n) is 6.47. The molecule has 1 aliphatic heterocycles. The van der Waals surface area contributed by atoms with Crippen LogP contribution in [-0.4, -0.2) is 24.2 Å². The number of rotatable bonds is 8. The zero-order valence-electron chi connectivity index (χ0n) is 14.0. The lowest BCUT2D eigenvalue weighted by Crippen LogP contribution is -2.05. The summed E-state index contributed by atoms with van der Waals surface area (Å²) in [5, 5.41) is 5.05. The summed E-state index contributed by atoms with van der Waals surface area (Å²) < 4.78 is 10.6. The lowest BCUT2D eigenvalue weighted by molar-refractivity contribution is 0.0962. The van der Waals surface area contributed by atoms with Gasteiger partial charge >= 0.3 is 0 Å². The Morgan fingerprint density at radius 1 is 1.20 bits per heavy atom. The number of Topliss-reactive ketones (excluding diaryl/α,β-unsaturated/α-hetero) is 1. The van der Waals surface area contributed by atoms with E-state index in [2.05, 4.69) is 5.16 Å². The zero-order chi connectivity index (χ0) is 17.6. The predicted molar refractivity (Wildman–Crippen MR) is 97.5 cm³/mol. The maximum atomic E-state index is 12.2. The van der Waals surface area contributed by atoms with Gasteiger partial charge in [-0.1, -0.05) is 34.4 Å². The van der Waals surface area contributed by atoms with E-state index in [0.29, 0.717) is 28.1 Å². The van der Waals surface area contributed by atoms with Crippen LogP contribution in [0.4, 0.5) is 0 Å². The first-order valence-corrected chi connectivity index (χ1v) is 9.38. The van der Waals surface area contributed by atoms with Crippen molar-refractivity contribution in [3.8, 4) is 0 Å². The molecule has 134 valence electrons. The Hall–Kier alpha value is -1.36. The van der Waals surface area contributed by atoms with Gasteiger partial charge in [0.2, 0.25) is 0 Å². The summed E-state index contributed by atoms with van der Waals surface area (Å²) in [4.78, 5) is 12.2. The van der Waals surface area contributed by atoms with Crippen LogP contribution >= 0.6 is 23.2 Å². The smallest absolute Gasteiger partial charge is 0.184 e. The van der Waals surface area contributed by atoms with E-state index in [0.717, 1.165) is 56.6 Å². The Bertz CT molecular complexity index is 723. The highest BCUT2D eigenvalue weighted by Crippen LogP contribution is 2.23. The Balaban J connectivity index is 1.44. The highest BCUT2D eigenvalue weighted by Gasteiger charge is 2.19. The van der Waals surface area contributed by atoms with Gasteiger partial charge in [-0.2, -0.15) is 0 Å². The Morgan fingerprint density at radius 2 is 2.08 bits per heavy atom. The monoisotopic (exact) mass is 381 g/mol. The van der Waals surface area contributed by atoms with Crippen LogP contribution in [0.25, 0.3) is 0 Å². The summed E-state index contributed by atoms with van der Waals surface area (Å²) >= 11 is 11.9. The number of aryl methyl sites for hydroxylation is 2. The summed E-state index contributed by atoms with van der Waals surface area (Å²) in [5.74, 6) is 1.29. The van der Waals surface area contributed by atoms with Crippen LogP contribution < -0.4 is 0 Å². The molecule has 6 heteroatoms. The second-order valence-corrected chi connectivity index (χ2v) is 7.29. The van der Waals surface area contributed by atoms with Gasteiger partial charge in [0.25, 0.3) is 0 Å². The van der Waals surface area contributed by atoms with Crippen molar-refractivity contribution in [3.63, 3.8) is 0 Å². The molecule has 0 saturated carbocycles. The third-order valence-electron chi connectivity index (χ3n) is 4.52. The maximum Gasteiger partial charge on any atom is 0.184 e. The van der Waals surface area contributed by atoms with Crippen molar-refractivity contribution >= 4 is 29.0 Å². The first-order valence-electron chi connectivity index (χ1n) is 8.62. The average Bonchev–Trinajstić information content (AvgIpc) is 3.28. The Kier molecular flexibility index (Phi) is 6.51. The molecular weight excluding hydrogens is 361 g/mol. The molecular formula is C19H21Cl2NO3. The highest BCUT2D eigenvalue weighted by molar-refractivity contribution is 6.42. The molecule has 0 aliphatic carbocycles. The van der Waals surface area contributed by atoms with Gasteiger partial charge < -0.3 is 9.26 Å². The van der Waals surface area contributed by atoms with Crippen LogP contribution in [0.2, 0.25) is 10.0 Å². The standard InChI is InChI=1S/C19H21Cl2NO3/c20-16-6-4-13(10-17(16)21)2-1-3-15-11-18(22-25-15)19(23)7-5-14-8-9-24-12-14/h4,6,10-11,14H,1-3,5,7-9,12H2. The summed E-state index contributed by atoms with van der Waals surface area (Å²) in [6.07, 6.45) is 4.90. The predicted octanol–water partition coefficient (Wildman–Crippen LogP) is 5.16. The van der Waals surface area contributed by atoms with Gasteiger partial charge in [0.05, 0.1) is 10.0 Å². The van der Waals surface area contributed by atoms with E-state index in [1.165, 1.54) is 0 Å². The van der Waals surface area contributed by atoms with E-state index in [4.69, 9.17) is 32.5 Å². The van der Waals surface area contributed by atoms with Gasteiger partial charge in [0, 0.05) is 32.1 Å². The lowest BCUT2D eigenvalue weighted by Gasteiger charge is -2.04. The first kappa shape index (κ1) is 18.4. The molecule has 1 atom stereocenters. The third kappa shape index (κ3) is 5.30. The number of benzene rings is 1. The maximum absolute atomic E-state index is 12.2. The van der Waals surface area contributed by atoms with Gasteiger partial charge in [-0.05, 0) is 49.3 Å². The molecule has 2 heterocycles. The quantitative estimate of drug-likeness (QED) is 0.592. The van der Waals surface area contributed by atoms with E-state index >= 15 is 0 Å². The number of ketones is 1. The van der Waals surface area contributed by atoms with Crippen molar-refractivity contribution in [2.45, 2.75) is 38.5 Å². The first-order chi connectivity index (χ1) is 12.1. The van der Waals surface area contributed by atoms with Gasteiger partial charge in [0.15, 0.2) is 5.78 Å². The fourth-order valence-electron chi connectivity index (χ4n) is 3.00. The summed E-state index contributed by atoms with van der Waals surface area (Å²) in [6, 6.07) is 7.42. The molecule has 25 heavy (non-hydrogen) atoms. The summed E-state index contributed by atoms with van der Waals surface area (Å²) in [7, 11) is 0. The zero-order valence-corrected chi connectivity index (χ0v) is 15.5. The van der Waals surface area contributed by atoms with Crippen LogP contribution in [0.1, 0.15) is 47.5 Å². The minimum absolute atomic E-state index is 0.0476. The Morgan fingerprint density at radius 3 is 2.84 bits per heavy atom. The van der Waals surface area contributed by atoms with Gasteiger partial charge in [0.1, 0.15) is 11.5 Å². The molecule has 3 rings (SSSR count). The van der Waals surface area contributed by atoms with Crippen LogP contribution in [0.5, 0.6) is 0 Å². The molecule has 0 amide bonds. The normalized spacial score (nSPS) is 17.1. The van der Waals surface area contributed by atoms with Gasteiger partial charge in [-0.15, -0.1) is 0 Å². The number of carbonyl (C=O) groups excluding carboxylic acids is 1. The van der Waals surface area contributed by atoms with E-state index in [1.54, 1.807) is 12.1 Å². The highest BCUT2D eigenvalue weighted by atomic mass is 35.5. The lowest BCUT2D eigenvalue weighted by atomic mass is 10.00. The number of carbonyl (C=O) groups is 1. The fourth-order valence-corrected chi connectivity index (χ4v) is 3.32. The van der Waals surface area contributed by atoms with Crippen LogP contribution in [0.3, 0.4) is 0 Å². The number of nitrogens with zero attached hydrogens (tertiary/aromatic N) is 1. The van der Waals surface area contributed by atoms with Crippen LogP contribution in [0, 0.1) is 5.92 Å². The third-order valence-corrected chi connectivity index (χ3v) is 5.26. The number of hydrogen-bond acceptors (Lipinski definition) is 4. The molecule has 1 fully saturated rings. The second kappa shape index (κ2) is 8.84. The number of ether oxygens (including phenoxy) is 1. The minimum Gasteiger partial charge on any atom is -0.381 e. The number of hydrogen-bond donors (Lipinski definition) is 0. The molecule has 0 N–H and O–H groups in total. The van der Waals surface area contributed by atoms with Crippen molar-refractivity contribution in [2.75, 3.05) is 13.2 Å². The van der Waals surface area contributed by atoms with Crippen molar-refractivity contribution < 1.29 is 14.1 Å². The summed E-state index contributed by atoms with van der Waals surface area (Å²) in [6.45, 7) is 1.58. The molecule has 1 aromatic heterocycles. The fraction of sp³-hybridized carbons (Fsp3) is 0.474. The van der Waals surface area contributed by atoms with Crippen LogP contribution in [-0.2, 0) is 17.6 Å². The largest absolute Gasteiger partial charge is 0.381 e. The SMILES string of the molecule is O=C(CCC1CCOC1)c1cc(CCCc2ccc(Cl)c(Cl)c2)on1. The van der Waals surface area contributed by atoms with Crippen molar-refractivity contribution in [1.29, 1.82) is 0 Å². The molecule has 4 nitrogen and oxygen atoms in total. The van der Waals surface area contributed by atoms with Crippen molar-refractivity contribution in [3.05, 3.63) is 51.3 Å². The Labute approximate surface area is 157 Å². The molecule has 1 aromatic carbocycles. The molecule has 0 radical (unpaired) electrons. The molecule has 1 unspecified atom stereocenters. The molecule has 1 saturated heterocycles. The summed E-state index contributed by atoms with van der Waals surface area (Å²) in [5.41, 5.74) is 1.56. The number of aromatic nitrogens is 1. The van der Waals surface area contributed by atoms with Crippen LogP contribution in [0.15, 0.2) is 28.8 Å². The van der Waals surface area contributed by atoms with Gasteiger partial charge in [-0.25, -0.2) is 0 Å². The minimum atomic E-state index is 0.0476. The number of halogens is 2. The average molecular weight is 382 g/mol. The van der Waals surface area contributed by atoms with E-state index in [-0.39, 0.29) is 5.78 Å². The van der Waals surface area contributed by atoms with E-state index in [9.17, 15) is 4.79 Å². The van der Waals surface area contributed by atoms with Gasteiger partial charge in [-0.3, -0.25) is 4.79 Å². The topological polar surface area (TPSA) is 52.3 Å². The molecule has 0 spiro atoms. The van der Waals surface area contributed by atoms with E-state index in [1.807, 2.05) is 12.1 Å².